The molecule has 1 aromatic rings. The van der Waals surface area contributed by atoms with Gasteiger partial charge in [-0.25, -0.2) is 17.1 Å². The maximum Gasteiger partial charge on any atom is 0.243 e. The molecule has 1 atom stereocenters. The van der Waals surface area contributed by atoms with E-state index < -0.39 is 21.9 Å². The number of hydrogen-bond donors (Lipinski definition) is 1. The number of hydrogen-bond acceptors (Lipinski definition) is 3. The third-order valence-electron chi connectivity index (χ3n) is 2.69. The molecule has 1 aromatic carbocycles. The summed E-state index contributed by atoms with van der Waals surface area (Å²) in [7, 11) is -2.18. The Morgan fingerprint density at radius 1 is 1.44 bits per heavy atom. The third kappa shape index (κ3) is 3.51. The summed E-state index contributed by atoms with van der Waals surface area (Å²) < 4.78 is 38.5. The summed E-state index contributed by atoms with van der Waals surface area (Å²) >= 11 is 0. The van der Waals surface area contributed by atoms with Crippen LogP contribution in [-0.4, -0.2) is 37.5 Å². The Morgan fingerprint density at radius 3 is 2.56 bits per heavy atom. The van der Waals surface area contributed by atoms with Crippen LogP contribution in [0.3, 0.4) is 0 Å². The minimum Gasteiger partial charge on any atom is -0.393 e. The summed E-state index contributed by atoms with van der Waals surface area (Å²) in [5.74, 6) is -0.460. The van der Waals surface area contributed by atoms with Crippen LogP contribution in [-0.2, 0) is 10.0 Å². The van der Waals surface area contributed by atoms with E-state index in [-0.39, 0.29) is 11.4 Å². The molecule has 0 aliphatic heterocycles. The van der Waals surface area contributed by atoms with Crippen molar-refractivity contribution < 1.29 is 17.9 Å². The fourth-order valence-electron chi connectivity index (χ4n) is 1.56. The molecular formula is C12H18FNO3S. The van der Waals surface area contributed by atoms with Crippen molar-refractivity contribution in [3.05, 3.63) is 29.6 Å². The van der Waals surface area contributed by atoms with E-state index in [4.69, 9.17) is 5.11 Å². The van der Waals surface area contributed by atoms with Gasteiger partial charge in [-0.05, 0) is 44.0 Å². The molecule has 0 amide bonds. The summed E-state index contributed by atoms with van der Waals surface area (Å²) in [5.41, 5.74) is 0.374. The highest BCUT2D eigenvalue weighted by atomic mass is 32.2. The maximum atomic E-state index is 12.9. The van der Waals surface area contributed by atoms with Gasteiger partial charge in [0.1, 0.15) is 5.82 Å². The highest BCUT2D eigenvalue weighted by Gasteiger charge is 2.22. The monoisotopic (exact) mass is 275 g/mol. The Balaban J connectivity index is 2.98. The van der Waals surface area contributed by atoms with E-state index >= 15 is 0 Å². The lowest BCUT2D eigenvalue weighted by Gasteiger charge is -2.19. The lowest BCUT2D eigenvalue weighted by molar-refractivity contribution is 0.177. The van der Waals surface area contributed by atoms with E-state index in [0.717, 1.165) is 6.07 Å². The molecule has 1 unspecified atom stereocenters. The van der Waals surface area contributed by atoms with Crippen LogP contribution in [0, 0.1) is 12.7 Å². The molecule has 0 saturated heterocycles. The van der Waals surface area contributed by atoms with Crippen molar-refractivity contribution in [2.24, 2.45) is 0 Å². The zero-order valence-corrected chi connectivity index (χ0v) is 11.5. The van der Waals surface area contributed by atoms with Crippen molar-refractivity contribution in [2.45, 2.75) is 31.3 Å². The number of aliphatic hydroxyl groups excluding tert-OH is 1. The first-order chi connectivity index (χ1) is 8.25. The molecule has 0 fully saturated rings. The maximum absolute atomic E-state index is 12.9. The fraction of sp³-hybridized carbons (Fsp3) is 0.500. The number of aliphatic hydroxyl groups is 1. The molecule has 0 aromatic heterocycles. The molecule has 0 aliphatic carbocycles. The average molecular weight is 275 g/mol. The lowest BCUT2D eigenvalue weighted by Crippen LogP contribution is -2.30. The number of sulfonamides is 1. The first kappa shape index (κ1) is 15.1. The van der Waals surface area contributed by atoms with Gasteiger partial charge in [-0.1, -0.05) is 0 Å². The van der Waals surface area contributed by atoms with Gasteiger partial charge in [0, 0.05) is 13.6 Å². The number of aryl methyl sites for hydroxylation is 1. The molecule has 6 heteroatoms. The molecular weight excluding hydrogens is 257 g/mol. The number of benzene rings is 1. The van der Waals surface area contributed by atoms with E-state index in [1.54, 1.807) is 13.8 Å². The van der Waals surface area contributed by atoms with Crippen LogP contribution in [0.15, 0.2) is 23.1 Å². The van der Waals surface area contributed by atoms with Crippen molar-refractivity contribution in [3.8, 4) is 0 Å². The Hall–Kier alpha value is -0.980. The molecule has 0 saturated carbocycles. The molecule has 0 heterocycles. The summed E-state index contributed by atoms with van der Waals surface area (Å²) in [5, 5.41) is 9.16. The standard InChI is InChI=1S/C12H18FNO3S/c1-9-8-11(13)4-5-12(9)18(16,17)14(3)7-6-10(2)15/h4-5,8,10,15H,6-7H2,1-3H3. The topological polar surface area (TPSA) is 57.6 Å². The van der Waals surface area contributed by atoms with Crippen molar-refractivity contribution in [3.63, 3.8) is 0 Å². The molecule has 18 heavy (non-hydrogen) atoms. The molecule has 0 spiro atoms. The zero-order chi connectivity index (χ0) is 13.9. The highest BCUT2D eigenvalue weighted by Crippen LogP contribution is 2.20. The normalized spacial score (nSPS) is 13.9. The average Bonchev–Trinajstić information content (AvgIpc) is 2.24. The fourth-order valence-corrected chi connectivity index (χ4v) is 2.95. The summed E-state index contributed by atoms with van der Waals surface area (Å²) in [6.07, 6.45) is -0.201. The van der Waals surface area contributed by atoms with Crippen molar-refractivity contribution in [1.29, 1.82) is 0 Å². The van der Waals surface area contributed by atoms with Gasteiger partial charge in [-0.3, -0.25) is 0 Å². The first-order valence-corrected chi connectivity index (χ1v) is 7.09. The second-order valence-electron chi connectivity index (χ2n) is 4.37. The molecule has 102 valence electrons. The van der Waals surface area contributed by atoms with Crippen LogP contribution in [0.5, 0.6) is 0 Å². The van der Waals surface area contributed by atoms with Crippen LogP contribution in [0.25, 0.3) is 0 Å². The number of halogens is 1. The van der Waals surface area contributed by atoms with Gasteiger partial charge in [0.05, 0.1) is 11.0 Å². The van der Waals surface area contributed by atoms with E-state index in [1.807, 2.05) is 0 Å². The van der Waals surface area contributed by atoms with Crippen molar-refractivity contribution >= 4 is 10.0 Å². The lowest BCUT2D eigenvalue weighted by atomic mass is 10.2. The van der Waals surface area contributed by atoms with Crippen LogP contribution in [0.4, 0.5) is 4.39 Å². The number of rotatable bonds is 5. The quantitative estimate of drug-likeness (QED) is 0.886. The third-order valence-corrected chi connectivity index (χ3v) is 4.70. The van der Waals surface area contributed by atoms with Crippen LogP contribution < -0.4 is 0 Å². The van der Waals surface area contributed by atoms with Gasteiger partial charge in [0.2, 0.25) is 10.0 Å². The van der Waals surface area contributed by atoms with Crippen LogP contribution in [0.2, 0.25) is 0 Å². The van der Waals surface area contributed by atoms with Gasteiger partial charge in [-0.15, -0.1) is 0 Å². The van der Waals surface area contributed by atoms with Crippen molar-refractivity contribution in [1.82, 2.24) is 4.31 Å². The van der Waals surface area contributed by atoms with Gasteiger partial charge in [0.15, 0.2) is 0 Å². The summed E-state index contributed by atoms with van der Waals surface area (Å²) in [6.45, 7) is 3.37. The van der Waals surface area contributed by atoms with Gasteiger partial charge in [-0.2, -0.15) is 0 Å². The number of nitrogens with zero attached hydrogens (tertiary/aromatic N) is 1. The molecule has 0 bridgehead atoms. The second kappa shape index (κ2) is 5.77. The van der Waals surface area contributed by atoms with Gasteiger partial charge >= 0.3 is 0 Å². The molecule has 0 radical (unpaired) electrons. The summed E-state index contributed by atoms with van der Waals surface area (Å²) in [6, 6.07) is 3.58. The Morgan fingerprint density at radius 2 is 2.06 bits per heavy atom. The minimum atomic E-state index is -3.63. The van der Waals surface area contributed by atoms with Crippen LogP contribution >= 0.6 is 0 Å². The summed E-state index contributed by atoms with van der Waals surface area (Å²) in [4.78, 5) is 0.0944. The molecule has 4 nitrogen and oxygen atoms in total. The smallest absolute Gasteiger partial charge is 0.243 e. The molecule has 1 N–H and O–H groups in total. The zero-order valence-electron chi connectivity index (χ0n) is 10.7. The van der Waals surface area contributed by atoms with E-state index in [9.17, 15) is 12.8 Å². The SMILES string of the molecule is Cc1cc(F)ccc1S(=O)(=O)N(C)CCC(C)O. The van der Waals surface area contributed by atoms with E-state index in [2.05, 4.69) is 0 Å². The van der Waals surface area contributed by atoms with Gasteiger partial charge in [0.25, 0.3) is 0 Å². The second-order valence-corrected chi connectivity index (χ2v) is 6.39. The Labute approximate surface area is 107 Å². The minimum absolute atomic E-state index is 0.0944. The first-order valence-electron chi connectivity index (χ1n) is 5.65. The Bertz CT molecular complexity index is 514. The predicted octanol–water partition coefficient (Wildman–Crippen LogP) is 1.53. The van der Waals surface area contributed by atoms with Crippen LogP contribution in [0.1, 0.15) is 18.9 Å². The largest absolute Gasteiger partial charge is 0.393 e. The predicted molar refractivity (Wildman–Crippen MR) is 67.3 cm³/mol. The van der Waals surface area contributed by atoms with E-state index in [1.165, 1.54) is 23.5 Å². The molecule has 1 rings (SSSR count). The highest BCUT2D eigenvalue weighted by molar-refractivity contribution is 7.89. The van der Waals surface area contributed by atoms with Crippen molar-refractivity contribution in [2.75, 3.05) is 13.6 Å². The van der Waals surface area contributed by atoms with Gasteiger partial charge < -0.3 is 5.11 Å². The molecule has 0 aliphatic rings. The van der Waals surface area contributed by atoms with E-state index in [0.29, 0.717) is 12.0 Å². The Kier molecular flexibility index (Phi) is 4.84.